The van der Waals surface area contributed by atoms with Gasteiger partial charge in [-0.25, -0.2) is 0 Å². The van der Waals surface area contributed by atoms with E-state index in [2.05, 4.69) is 22.7 Å². The van der Waals surface area contributed by atoms with Crippen molar-refractivity contribution in [1.29, 1.82) is 0 Å². The van der Waals surface area contributed by atoms with Crippen LogP contribution in [0.2, 0.25) is 0 Å². The molecule has 7 nitrogen and oxygen atoms in total. The highest BCUT2D eigenvalue weighted by molar-refractivity contribution is 7.80. The van der Waals surface area contributed by atoms with Gasteiger partial charge in [-0.05, 0) is 30.4 Å². The van der Waals surface area contributed by atoms with Gasteiger partial charge < -0.3 is 20.3 Å². The summed E-state index contributed by atoms with van der Waals surface area (Å²) in [7, 11) is 3.05. The summed E-state index contributed by atoms with van der Waals surface area (Å²) < 4.78 is 10.4. The lowest BCUT2D eigenvalue weighted by Crippen LogP contribution is -2.26. The molecule has 0 unspecified atom stereocenters. The van der Waals surface area contributed by atoms with Crippen LogP contribution in [0, 0.1) is 0 Å². The molecule has 0 bridgehead atoms. The van der Waals surface area contributed by atoms with E-state index in [9.17, 15) is 4.79 Å². The Bertz CT molecular complexity index is 560. The SMILES string of the molecule is COc1ccc(/C(CCC(=O)O)=N\NC(N)=S)cc1OC. The van der Waals surface area contributed by atoms with Crippen molar-refractivity contribution in [3.8, 4) is 11.5 Å². The molecule has 1 aromatic carbocycles. The highest BCUT2D eigenvalue weighted by atomic mass is 32.1. The van der Waals surface area contributed by atoms with Crippen molar-refractivity contribution in [2.45, 2.75) is 12.8 Å². The number of hydrazone groups is 1. The van der Waals surface area contributed by atoms with E-state index in [1.54, 1.807) is 18.2 Å². The normalized spacial score (nSPS) is 10.9. The van der Waals surface area contributed by atoms with Crippen molar-refractivity contribution in [3.63, 3.8) is 0 Å². The molecule has 0 aliphatic rings. The van der Waals surface area contributed by atoms with Crippen LogP contribution in [0.3, 0.4) is 0 Å². The van der Waals surface area contributed by atoms with Crippen molar-refractivity contribution in [1.82, 2.24) is 5.43 Å². The lowest BCUT2D eigenvalue weighted by atomic mass is 10.1. The number of benzene rings is 1. The van der Waals surface area contributed by atoms with E-state index in [0.29, 0.717) is 22.8 Å². The van der Waals surface area contributed by atoms with Gasteiger partial charge in [-0.3, -0.25) is 10.2 Å². The van der Waals surface area contributed by atoms with Gasteiger partial charge in [0.25, 0.3) is 0 Å². The fourth-order valence-corrected chi connectivity index (χ4v) is 1.67. The second kappa shape index (κ2) is 8.05. The first-order chi connectivity index (χ1) is 9.97. The maximum absolute atomic E-state index is 10.7. The third-order valence-electron chi connectivity index (χ3n) is 2.59. The Labute approximate surface area is 127 Å². The third-order valence-corrected chi connectivity index (χ3v) is 2.68. The second-order valence-corrected chi connectivity index (χ2v) is 4.44. The van der Waals surface area contributed by atoms with Gasteiger partial charge in [-0.2, -0.15) is 5.10 Å². The minimum Gasteiger partial charge on any atom is -0.493 e. The molecule has 1 rings (SSSR count). The van der Waals surface area contributed by atoms with Crippen molar-refractivity contribution in [3.05, 3.63) is 23.8 Å². The van der Waals surface area contributed by atoms with Gasteiger partial charge in [0.05, 0.1) is 26.4 Å². The number of hydrogen-bond acceptors (Lipinski definition) is 5. The highest BCUT2D eigenvalue weighted by Gasteiger charge is 2.11. The van der Waals surface area contributed by atoms with Crippen LogP contribution in [0.4, 0.5) is 0 Å². The maximum Gasteiger partial charge on any atom is 0.303 e. The van der Waals surface area contributed by atoms with E-state index in [4.69, 9.17) is 20.3 Å². The number of hydrogen-bond donors (Lipinski definition) is 3. The number of methoxy groups -OCH3 is 2. The quantitative estimate of drug-likeness (QED) is 0.393. The van der Waals surface area contributed by atoms with Gasteiger partial charge in [0.1, 0.15) is 0 Å². The Morgan fingerprint density at radius 2 is 2.00 bits per heavy atom. The van der Waals surface area contributed by atoms with Crippen molar-refractivity contribution < 1.29 is 19.4 Å². The number of carbonyl (C=O) groups is 1. The molecule has 8 heteroatoms. The summed E-state index contributed by atoms with van der Waals surface area (Å²) in [5.41, 5.74) is 8.99. The first-order valence-electron chi connectivity index (χ1n) is 6.04. The van der Waals surface area contributed by atoms with Gasteiger partial charge in [0.15, 0.2) is 16.6 Å². The van der Waals surface area contributed by atoms with Crippen molar-refractivity contribution >= 4 is 29.0 Å². The molecule has 21 heavy (non-hydrogen) atoms. The van der Waals surface area contributed by atoms with Crippen LogP contribution in [0.1, 0.15) is 18.4 Å². The number of nitrogens with zero attached hydrogens (tertiary/aromatic N) is 1. The summed E-state index contributed by atoms with van der Waals surface area (Å²) in [6.07, 6.45) is 0.159. The Morgan fingerprint density at radius 3 is 2.52 bits per heavy atom. The molecule has 4 N–H and O–H groups in total. The summed E-state index contributed by atoms with van der Waals surface area (Å²) in [6.45, 7) is 0. The van der Waals surface area contributed by atoms with Crippen molar-refractivity contribution in [2.75, 3.05) is 14.2 Å². The topological polar surface area (TPSA) is 106 Å². The molecular weight excluding hydrogens is 294 g/mol. The Hall–Kier alpha value is -2.35. The first kappa shape index (κ1) is 16.7. The second-order valence-electron chi connectivity index (χ2n) is 4.00. The summed E-state index contributed by atoms with van der Waals surface area (Å²) >= 11 is 4.69. The number of thiocarbonyl (C=S) groups is 1. The third kappa shape index (κ3) is 5.27. The molecule has 0 heterocycles. The van der Waals surface area contributed by atoms with Crippen molar-refractivity contribution in [2.24, 2.45) is 10.8 Å². The van der Waals surface area contributed by atoms with Gasteiger partial charge in [-0.15, -0.1) is 0 Å². The molecule has 0 radical (unpaired) electrons. The van der Waals surface area contributed by atoms with Crippen LogP contribution >= 0.6 is 12.2 Å². The first-order valence-corrected chi connectivity index (χ1v) is 6.45. The summed E-state index contributed by atoms with van der Waals surface area (Å²) in [6, 6.07) is 5.18. The van der Waals surface area contributed by atoms with Crippen LogP contribution in [0.15, 0.2) is 23.3 Å². The minimum atomic E-state index is -0.918. The van der Waals surface area contributed by atoms with E-state index in [1.165, 1.54) is 14.2 Å². The standard InChI is InChI=1S/C13H17N3O4S/c1-19-10-5-3-8(7-11(10)20-2)9(4-6-12(17)18)15-16-13(14)21/h3,5,7H,4,6H2,1-2H3,(H,17,18)(H3,14,16,21)/b15-9-. The van der Waals surface area contributed by atoms with Gasteiger partial charge in [0.2, 0.25) is 0 Å². The van der Waals surface area contributed by atoms with E-state index in [-0.39, 0.29) is 18.0 Å². The maximum atomic E-state index is 10.7. The number of carboxylic acids is 1. The molecular formula is C13H17N3O4S. The Kier molecular flexibility index (Phi) is 6.41. The van der Waals surface area contributed by atoms with E-state index < -0.39 is 5.97 Å². The zero-order chi connectivity index (χ0) is 15.8. The lowest BCUT2D eigenvalue weighted by Gasteiger charge is -2.11. The zero-order valence-electron chi connectivity index (χ0n) is 11.8. The largest absolute Gasteiger partial charge is 0.493 e. The number of nitrogens with two attached hydrogens (primary N) is 1. The number of aliphatic carboxylic acids is 1. The molecule has 0 aromatic heterocycles. The van der Waals surface area contributed by atoms with Gasteiger partial charge in [0, 0.05) is 12.0 Å². The van der Waals surface area contributed by atoms with Crippen LogP contribution < -0.4 is 20.6 Å². The van der Waals surface area contributed by atoms with E-state index in [1.807, 2.05) is 0 Å². The van der Waals surface area contributed by atoms with Gasteiger partial charge >= 0.3 is 5.97 Å². The van der Waals surface area contributed by atoms with Crippen LogP contribution in [-0.4, -0.2) is 36.1 Å². The molecule has 0 spiro atoms. The van der Waals surface area contributed by atoms with E-state index >= 15 is 0 Å². The minimum absolute atomic E-state index is 0.00306. The average molecular weight is 311 g/mol. The molecule has 0 saturated carbocycles. The van der Waals surface area contributed by atoms with Gasteiger partial charge in [-0.1, -0.05) is 0 Å². The predicted octanol–water partition coefficient (Wildman–Crippen LogP) is 1.11. The molecule has 0 atom stereocenters. The van der Waals surface area contributed by atoms with Crippen LogP contribution in [0.25, 0.3) is 0 Å². The molecule has 0 amide bonds. The molecule has 0 fully saturated rings. The molecule has 0 aliphatic carbocycles. The molecule has 0 aliphatic heterocycles. The fraction of sp³-hybridized carbons (Fsp3) is 0.308. The lowest BCUT2D eigenvalue weighted by molar-refractivity contribution is -0.136. The highest BCUT2D eigenvalue weighted by Crippen LogP contribution is 2.28. The Balaban J connectivity index is 3.09. The summed E-state index contributed by atoms with van der Waals surface area (Å²) in [4.78, 5) is 10.7. The zero-order valence-corrected chi connectivity index (χ0v) is 12.6. The summed E-state index contributed by atoms with van der Waals surface area (Å²) in [5, 5.41) is 12.8. The number of nitrogens with one attached hydrogen (secondary N) is 1. The molecule has 0 saturated heterocycles. The van der Waals surface area contributed by atoms with E-state index in [0.717, 1.165) is 0 Å². The monoisotopic (exact) mass is 311 g/mol. The summed E-state index contributed by atoms with van der Waals surface area (Å²) in [5.74, 6) is 0.174. The molecule has 114 valence electrons. The smallest absolute Gasteiger partial charge is 0.303 e. The molecule has 1 aromatic rings. The Morgan fingerprint density at radius 1 is 1.33 bits per heavy atom. The predicted molar refractivity (Wildman–Crippen MR) is 82.9 cm³/mol. The van der Waals surface area contributed by atoms with Crippen LogP contribution in [0.5, 0.6) is 11.5 Å². The average Bonchev–Trinajstić information content (AvgIpc) is 2.46. The fourth-order valence-electron chi connectivity index (χ4n) is 1.63. The number of ether oxygens (including phenoxy) is 2. The number of rotatable bonds is 7. The number of carboxylic acid groups (broad SMARTS) is 1. The van der Waals surface area contributed by atoms with Crippen LogP contribution in [-0.2, 0) is 4.79 Å².